The third-order valence-corrected chi connectivity index (χ3v) is 5.52. The Morgan fingerprint density at radius 1 is 0.450 bits per heavy atom. The van der Waals surface area contributed by atoms with Gasteiger partial charge < -0.3 is 0 Å². The van der Waals surface area contributed by atoms with E-state index in [9.17, 15) is 26.3 Å². The van der Waals surface area contributed by atoms with Crippen molar-refractivity contribution in [2.75, 3.05) is 0 Å². The first-order valence-corrected chi connectivity index (χ1v) is 7.29. The molecule has 0 radical (unpaired) electrons. The average Bonchev–Trinajstić information content (AvgIpc) is 2.46. The molecule has 0 aromatic heterocycles. The standard InChI is InChI=1S/C14H18F6/c15-9-5-3-1-2-4-6(5)10(16)8-7(9)11(17)13(19)14(20)12(8)18/h5-14H,1-4H2. The molecule has 6 heteroatoms. The zero-order valence-corrected chi connectivity index (χ0v) is 10.9. The van der Waals surface area contributed by atoms with Gasteiger partial charge in [-0.2, -0.15) is 0 Å². The highest BCUT2D eigenvalue weighted by Gasteiger charge is 2.63. The second-order valence-electron chi connectivity index (χ2n) is 6.43. The Bertz CT molecular complexity index is 330. The lowest BCUT2D eigenvalue weighted by molar-refractivity contribution is -0.175. The molecule has 0 N–H and O–H groups in total. The van der Waals surface area contributed by atoms with E-state index in [4.69, 9.17) is 0 Å². The number of fused-ring (bicyclic) bond motifs is 2. The lowest BCUT2D eigenvalue weighted by atomic mass is 9.56. The van der Waals surface area contributed by atoms with Gasteiger partial charge in [-0.3, -0.25) is 0 Å². The molecule has 3 aliphatic rings. The summed E-state index contributed by atoms with van der Waals surface area (Å²) in [6, 6.07) is 0. The van der Waals surface area contributed by atoms with Crippen molar-refractivity contribution in [3.63, 3.8) is 0 Å². The van der Waals surface area contributed by atoms with Gasteiger partial charge in [-0.15, -0.1) is 0 Å². The van der Waals surface area contributed by atoms with Gasteiger partial charge >= 0.3 is 0 Å². The van der Waals surface area contributed by atoms with Crippen molar-refractivity contribution in [3.8, 4) is 0 Å². The van der Waals surface area contributed by atoms with Crippen LogP contribution in [0.25, 0.3) is 0 Å². The molecule has 3 saturated carbocycles. The van der Waals surface area contributed by atoms with E-state index < -0.39 is 60.7 Å². The summed E-state index contributed by atoms with van der Waals surface area (Å²) >= 11 is 0. The first-order valence-electron chi connectivity index (χ1n) is 7.29. The van der Waals surface area contributed by atoms with Gasteiger partial charge in [-0.25, -0.2) is 26.3 Å². The van der Waals surface area contributed by atoms with E-state index in [0.717, 1.165) is 0 Å². The van der Waals surface area contributed by atoms with Gasteiger partial charge in [-0.1, -0.05) is 12.8 Å². The normalized spacial score (nSPS) is 59.7. The van der Waals surface area contributed by atoms with Crippen LogP contribution in [0, 0.1) is 23.7 Å². The maximum absolute atomic E-state index is 14.5. The molecule has 20 heavy (non-hydrogen) atoms. The predicted molar refractivity (Wildman–Crippen MR) is 61.8 cm³/mol. The first-order chi connectivity index (χ1) is 9.45. The molecular formula is C14H18F6. The fourth-order valence-electron chi connectivity index (χ4n) is 4.53. The van der Waals surface area contributed by atoms with Crippen molar-refractivity contribution in [2.24, 2.45) is 23.7 Å². The number of alkyl halides is 6. The van der Waals surface area contributed by atoms with Crippen LogP contribution in [0.15, 0.2) is 0 Å². The molecule has 0 bridgehead atoms. The average molecular weight is 300 g/mol. The van der Waals surface area contributed by atoms with Crippen molar-refractivity contribution in [2.45, 2.75) is 62.7 Å². The topological polar surface area (TPSA) is 0 Å². The summed E-state index contributed by atoms with van der Waals surface area (Å²) in [7, 11) is 0. The van der Waals surface area contributed by atoms with Gasteiger partial charge in [0.15, 0.2) is 12.3 Å². The number of halogens is 6. The lowest BCUT2D eigenvalue weighted by Gasteiger charge is -2.52. The van der Waals surface area contributed by atoms with Crippen molar-refractivity contribution in [1.82, 2.24) is 0 Å². The van der Waals surface area contributed by atoms with E-state index in [-0.39, 0.29) is 0 Å². The number of hydrogen-bond donors (Lipinski definition) is 0. The van der Waals surface area contributed by atoms with Crippen LogP contribution in [0.2, 0.25) is 0 Å². The second-order valence-corrected chi connectivity index (χ2v) is 6.43. The van der Waals surface area contributed by atoms with Crippen LogP contribution in [0.1, 0.15) is 25.7 Å². The highest BCUT2D eigenvalue weighted by Crippen LogP contribution is 2.54. The van der Waals surface area contributed by atoms with E-state index in [0.29, 0.717) is 25.7 Å². The Kier molecular flexibility index (Phi) is 3.70. The van der Waals surface area contributed by atoms with Gasteiger partial charge in [0.1, 0.15) is 24.7 Å². The quantitative estimate of drug-likeness (QED) is 0.591. The van der Waals surface area contributed by atoms with E-state index >= 15 is 0 Å². The monoisotopic (exact) mass is 300 g/mol. The lowest BCUT2D eigenvalue weighted by Crippen LogP contribution is -2.63. The predicted octanol–water partition coefficient (Wildman–Crippen LogP) is 4.08. The SMILES string of the molecule is FC1C(F)C(F)C2C(F)C3CCCCC3C(F)C2C1F. The summed E-state index contributed by atoms with van der Waals surface area (Å²) in [6.07, 6.45) is -11.6. The van der Waals surface area contributed by atoms with Crippen LogP contribution in [0.4, 0.5) is 26.3 Å². The Hall–Kier alpha value is -0.420. The van der Waals surface area contributed by atoms with E-state index in [2.05, 4.69) is 0 Å². The maximum Gasteiger partial charge on any atom is 0.165 e. The van der Waals surface area contributed by atoms with Crippen molar-refractivity contribution in [1.29, 1.82) is 0 Å². The van der Waals surface area contributed by atoms with Crippen LogP contribution >= 0.6 is 0 Å². The number of hydrogen-bond acceptors (Lipinski definition) is 0. The molecule has 0 spiro atoms. The summed E-state index contributed by atoms with van der Waals surface area (Å²) in [5, 5.41) is 0. The Morgan fingerprint density at radius 3 is 1.15 bits per heavy atom. The molecule has 3 aliphatic carbocycles. The molecular weight excluding hydrogens is 282 g/mol. The fourth-order valence-corrected chi connectivity index (χ4v) is 4.53. The summed E-state index contributed by atoms with van der Waals surface area (Å²) in [5.41, 5.74) is 0. The first kappa shape index (κ1) is 14.5. The molecule has 3 rings (SSSR count). The van der Waals surface area contributed by atoms with Crippen molar-refractivity contribution in [3.05, 3.63) is 0 Å². The number of rotatable bonds is 0. The fraction of sp³-hybridized carbons (Fsp3) is 1.00. The largest absolute Gasteiger partial charge is 0.247 e. The molecule has 0 aliphatic heterocycles. The third kappa shape index (κ3) is 1.89. The highest BCUT2D eigenvalue weighted by molar-refractivity contribution is 5.10. The Morgan fingerprint density at radius 2 is 0.800 bits per heavy atom. The van der Waals surface area contributed by atoms with Gasteiger partial charge in [0, 0.05) is 11.8 Å². The zero-order chi connectivity index (χ0) is 14.6. The van der Waals surface area contributed by atoms with E-state index in [1.807, 2.05) is 0 Å². The molecule has 3 fully saturated rings. The van der Waals surface area contributed by atoms with Gasteiger partial charge in [0.2, 0.25) is 0 Å². The minimum Gasteiger partial charge on any atom is -0.247 e. The van der Waals surface area contributed by atoms with Gasteiger partial charge in [0.25, 0.3) is 0 Å². The molecule has 10 atom stereocenters. The Balaban J connectivity index is 1.94. The second kappa shape index (κ2) is 5.09. The van der Waals surface area contributed by atoms with Gasteiger partial charge in [-0.05, 0) is 24.7 Å². The smallest absolute Gasteiger partial charge is 0.165 e. The summed E-state index contributed by atoms with van der Waals surface area (Å²) < 4.78 is 83.7. The van der Waals surface area contributed by atoms with E-state index in [1.54, 1.807) is 0 Å². The molecule has 0 nitrogen and oxygen atoms in total. The molecule has 0 aromatic carbocycles. The minimum atomic E-state index is -2.70. The molecule has 10 unspecified atom stereocenters. The minimum absolute atomic E-state index is 0.412. The molecule has 116 valence electrons. The molecule has 0 saturated heterocycles. The van der Waals surface area contributed by atoms with Crippen LogP contribution in [-0.2, 0) is 0 Å². The molecule has 0 aromatic rings. The maximum atomic E-state index is 14.5. The van der Waals surface area contributed by atoms with E-state index in [1.165, 1.54) is 0 Å². The zero-order valence-electron chi connectivity index (χ0n) is 10.9. The van der Waals surface area contributed by atoms with Crippen molar-refractivity contribution >= 4 is 0 Å². The summed E-state index contributed by atoms with van der Waals surface area (Å²) in [6.45, 7) is 0. The third-order valence-electron chi connectivity index (χ3n) is 5.52. The highest BCUT2D eigenvalue weighted by atomic mass is 19.2. The molecule has 0 heterocycles. The summed E-state index contributed by atoms with van der Waals surface area (Å²) in [4.78, 5) is 0. The van der Waals surface area contributed by atoms with Gasteiger partial charge in [0.05, 0.1) is 0 Å². The van der Waals surface area contributed by atoms with Crippen LogP contribution in [0.3, 0.4) is 0 Å². The van der Waals surface area contributed by atoms with Crippen LogP contribution in [0.5, 0.6) is 0 Å². The van der Waals surface area contributed by atoms with Crippen molar-refractivity contribution < 1.29 is 26.3 Å². The molecule has 0 amide bonds. The van der Waals surface area contributed by atoms with Crippen LogP contribution < -0.4 is 0 Å². The Labute approximate surface area is 113 Å². The van der Waals surface area contributed by atoms with Crippen LogP contribution in [-0.4, -0.2) is 37.0 Å². The summed E-state index contributed by atoms with van der Waals surface area (Å²) in [5.74, 6) is -4.76.